The van der Waals surface area contributed by atoms with Crippen LogP contribution in [0.4, 0.5) is 5.69 Å². The maximum absolute atomic E-state index is 13.6. The summed E-state index contributed by atoms with van der Waals surface area (Å²) >= 11 is 0. The Morgan fingerprint density at radius 1 is 1.00 bits per heavy atom. The molecule has 0 saturated heterocycles. The van der Waals surface area contributed by atoms with Gasteiger partial charge in [0.1, 0.15) is 0 Å². The molecule has 0 spiro atoms. The fourth-order valence-electron chi connectivity index (χ4n) is 7.51. The van der Waals surface area contributed by atoms with E-state index in [0.717, 1.165) is 56.1 Å². The van der Waals surface area contributed by atoms with Crippen molar-refractivity contribution >= 4 is 17.5 Å². The fourth-order valence-corrected chi connectivity index (χ4v) is 7.51. The number of aliphatic hydroxyl groups is 1. The van der Waals surface area contributed by atoms with Gasteiger partial charge in [0.05, 0.1) is 6.10 Å². The van der Waals surface area contributed by atoms with E-state index in [4.69, 9.17) is 0 Å². The number of hydrogen-bond acceptors (Lipinski definition) is 3. The van der Waals surface area contributed by atoms with Gasteiger partial charge in [0.15, 0.2) is 5.78 Å². The molecule has 1 aromatic rings. The van der Waals surface area contributed by atoms with Gasteiger partial charge in [0.2, 0.25) is 0 Å². The van der Waals surface area contributed by atoms with Crippen molar-refractivity contribution < 1.29 is 9.90 Å². The average Bonchev–Trinajstić information content (AvgIpc) is 2.99. The lowest BCUT2D eigenvalue weighted by atomic mass is 9.48. The Balaban J connectivity index is 1.44. The number of anilines is 1. The summed E-state index contributed by atoms with van der Waals surface area (Å²) in [6.45, 7) is 4.70. The van der Waals surface area contributed by atoms with E-state index in [-0.39, 0.29) is 16.9 Å². The van der Waals surface area contributed by atoms with Crippen LogP contribution in [0.1, 0.15) is 64.4 Å². The molecule has 3 saturated carbocycles. The number of ketones is 1. The second kappa shape index (κ2) is 7.33. The van der Waals surface area contributed by atoms with Crippen molar-refractivity contribution in [2.24, 2.45) is 28.6 Å². The third-order valence-corrected chi connectivity index (χ3v) is 9.47. The number of carbonyl (C=O) groups excluding carboxylic acids is 1. The number of fused-ring (bicyclic) bond motifs is 5. The van der Waals surface area contributed by atoms with Gasteiger partial charge in [-0.3, -0.25) is 4.79 Å². The molecule has 31 heavy (non-hydrogen) atoms. The second-order valence-corrected chi connectivity index (χ2v) is 11.3. The monoisotopic (exact) mass is 419 g/mol. The molecule has 4 aliphatic carbocycles. The highest BCUT2D eigenvalue weighted by Crippen LogP contribution is 2.64. The van der Waals surface area contributed by atoms with Crippen molar-refractivity contribution in [2.75, 3.05) is 19.0 Å². The summed E-state index contributed by atoms with van der Waals surface area (Å²) in [4.78, 5) is 15.7. The van der Waals surface area contributed by atoms with Gasteiger partial charge < -0.3 is 10.0 Å². The van der Waals surface area contributed by atoms with Gasteiger partial charge in [-0.05, 0) is 97.5 Å². The Bertz CT molecular complexity index is 942. The normalized spacial score (nSPS) is 40.7. The third kappa shape index (κ3) is 3.23. The molecule has 0 aliphatic heterocycles. The first-order valence-electron chi connectivity index (χ1n) is 12.1. The Hall–Kier alpha value is -1.87. The van der Waals surface area contributed by atoms with Gasteiger partial charge >= 0.3 is 0 Å². The molecule has 1 N–H and O–H groups in total. The van der Waals surface area contributed by atoms with Crippen LogP contribution in [0.15, 0.2) is 41.5 Å². The highest BCUT2D eigenvalue weighted by atomic mass is 16.3. The predicted molar refractivity (Wildman–Crippen MR) is 127 cm³/mol. The van der Waals surface area contributed by atoms with Crippen molar-refractivity contribution in [3.63, 3.8) is 0 Å². The number of benzene rings is 1. The molecule has 166 valence electrons. The lowest BCUT2D eigenvalue weighted by Crippen LogP contribution is -2.50. The maximum Gasteiger partial charge on any atom is 0.165 e. The van der Waals surface area contributed by atoms with E-state index < -0.39 is 0 Å². The first-order chi connectivity index (χ1) is 14.7. The molecule has 0 bridgehead atoms. The predicted octanol–water partition coefficient (Wildman–Crippen LogP) is 5.64. The first kappa shape index (κ1) is 21.0. The van der Waals surface area contributed by atoms with Crippen LogP contribution in [-0.2, 0) is 4.79 Å². The number of Topliss-reactive ketones (excluding diaryl/α,β-unsaturated/α-hetero) is 1. The molecular formula is C28H37NO2. The topological polar surface area (TPSA) is 40.5 Å². The molecule has 1 aromatic carbocycles. The quantitative estimate of drug-likeness (QED) is 0.498. The number of nitrogens with zero attached hydrogens (tertiary/aromatic N) is 1. The third-order valence-electron chi connectivity index (χ3n) is 9.47. The van der Waals surface area contributed by atoms with Crippen LogP contribution in [0, 0.1) is 28.6 Å². The Labute approximate surface area is 187 Å². The summed E-state index contributed by atoms with van der Waals surface area (Å²) in [7, 11) is 4.10. The Morgan fingerprint density at radius 2 is 1.71 bits per heavy atom. The highest BCUT2D eigenvalue weighted by molar-refractivity contribution is 6.06. The largest absolute Gasteiger partial charge is 0.393 e. The number of carbonyl (C=O) groups is 1. The molecule has 0 heterocycles. The van der Waals surface area contributed by atoms with Crippen molar-refractivity contribution in [2.45, 2.75) is 64.9 Å². The lowest BCUT2D eigenvalue weighted by molar-refractivity contribution is -0.130. The Kier molecular flexibility index (Phi) is 4.97. The fraction of sp³-hybridized carbons (Fsp3) is 0.607. The zero-order chi connectivity index (χ0) is 22.0. The number of rotatable bonds is 2. The van der Waals surface area contributed by atoms with Gasteiger partial charge in [-0.15, -0.1) is 0 Å². The summed E-state index contributed by atoms with van der Waals surface area (Å²) < 4.78 is 0. The molecule has 3 nitrogen and oxygen atoms in total. The van der Waals surface area contributed by atoms with Gasteiger partial charge in [-0.25, -0.2) is 0 Å². The molecule has 3 fully saturated rings. The zero-order valence-corrected chi connectivity index (χ0v) is 19.5. The number of allylic oxidation sites excluding steroid dienone is 2. The van der Waals surface area contributed by atoms with E-state index >= 15 is 0 Å². The minimum atomic E-state index is -0.202. The van der Waals surface area contributed by atoms with Crippen LogP contribution in [-0.4, -0.2) is 31.1 Å². The van der Waals surface area contributed by atoms with Crippen molar-refractivity contribution in [1.82, 2.24) is 0 Å². The van der Waals surface area contributed by atoms with Crippen LogP contribution < -0.4 is 4.90 Å². The summed E-state index contributed by atoms with van der Waals surface area (Å²) in [5.74, 6) is 2.09. The zero-order valence-electron chi connectivity index (χ0n) is 19.5. The SMILES string of the molecule is CN(C)c1ccc(/C=C2/C[C@H]3[C@H]4CC=C5C[C@@H](O)CC[C@@]5(C)[C@@H]4CC[C@@]3(C)C2=O)cc1. The van der Waals surface area contributed by atoms with Crippen LogP contribution in [0.25, 0.3) is 6.08 Å². The van der Waals surface area contributed by atoms with Crippen molar-refractivity contribution in [3.05, 3.63) is 47.1 Å². The minimum absolute atomic E-state index is 0.161. The van der Waals surface area contributed by atoms with E-state index in [0.29, 0.717) is 23.5 Å². The Morgan fingerprint density at radius 3 is 2.42 bits per heavy atom. The minimum Gasteiger partial charge on any atom is -0.393 e. The smallest absolute Gasteiger partial charge is 0.165 e. The standard InChI is InChI=1S/C28H37NO2/c1-27-13-11-22(30)17-20(27)7-10-23-24(27)12-14-28(2)25(23)16-19(26(28)31)15-18-5-8-21(9-6-18)29(3)4/h5-9,15,22-25,30H,10-14,16-17H2,1-4H3/b19-15-/t22-,23-,24+,25-,27+,28+/m0/s1. The molecule has 6 atom stereocenters. The molecule has 5 rings (SSSR count). The van der Waals surface area contributed by atoms with Crippen LogP contribution in [0.3, 0.4) is 0 Å². The van der Waals surface area contributed by atoms with Crippen molar-refractivity contribution in [3.8, 4) is 0 Å². The molecular weight excluding hydrogens is 382 g/mol. The second-order valence-electron chi connectivity index (χ2n) is 11.3. The summed E-state index contributed by atoms with van der Waals surface area (Å²) in [5.41, 5.74) is 4.86. The molecule has 0 aromatic heterocycles. The molecule has 3 heteroatoms. The number of hydrogen-bond donors (Lipinski definition) is 1. The van der Waals surface area contributed by atoms with Gasteiger partial charge in [-0.1, -0.05) is 37.6 Å². The van der Waals surface area contributed by atoms with Gasteiger partial charge in [-0.2, -0.15) is 0 Å². The van der Waals surface area contributed by atoms with E-state index in [1.807, 2.05) is 14.1 Å². The summed E-state index contributed by atoms with van der Waals surface area (Å²) in [6.07, 6.45) is 11.5. The van der Waals surface area contributed by atoms with E-state index in [2.05, 4.69) is 55.2 Å². The molecule has 4 aliphatic rings. The number of aliphatic hydroxyl groups excluding tert-OH is 1. The lowest BCUT2D eigenvalue weighted by Gasteiger charge is -2.56. The summed E-state index contributed by atoms with van der Waals surface area (Å²) in [6, 6.07) is 8.52. The maximum atomic E-state index is 13.6. The molecule has 0 radical (unpaired) electrons. The van der Waals surface area contributed by atoms with E-state index in [1.54, 1.807) is 0 Å². The molecule has 0 amide bonds. The van der Waals surface area contributed by atoms with E-state index in [9.17, 15) is 9.90 Å². The highest BCUT2D eigenvalue weighted by Gasteiger charge is 2.59. The van der Waals surface area contributed by atoms with Crippen molar-refractivity contribution in [1.29, 1.82) is 0 Å². The molecule has 0 unspecified atom stereocenters. The van der Waals surface area contributed by atoms with Gasteiger partial charge in [0.25, 0.3) is 0 Å². The van der Waals surface area contributed by atoms with E-state index in [1.165, 1.54) is 11.3 Å². The first-order valence-corrected chi connectivity index (χ1v) is 12.1. The summed E-state index contributed by atoms with van der Waals surface area (Å²) in [5, 5.41) is 10.2. The van der Waals surface area contributed by atoms with Gasteiger partial charge in [0, 0.05) is 25.2 Å². The van der Waals surface area contributed by atoms with Crippen LogP contribution >= 0.6 is 0 Å². The van der Waals surface area contributed by atoms with Crippen LogP contribution in [0.2, 0.25) is 0 Å². The average molecular weight is 420 g/mol. The van der Waals surface area contributed by atoms with Crippen LogP contribution in [0.5, 0.6) is 0 Å².